The van der Waals surface area contributed by atoms with Crippen LogP contribution in [0, 0.1) is 0 Å². The molecule has 0 saturated heterocycles. The van der Waals surface area contributed by atoms with Gasteiger partial charge in [0.2, 0.25) is 0 Å². The van der Waals surface area contributed by atoms with E-state index in [1.807, 2.05) is 12.1 Å². The van der Waals surface area contributed by atoms with E-state index in [0.29, 0.717) is 0 Å². The Kier molecular flexibility index (Phi) is 4.13. The second-order valence-electron chi connectivity index (χ2n) is 5.11. The number of hydrogen-bond acceptors (Lipinski definition) is 3. The highest BCUT2D eigenvalue weighted by molar-refractivity contribution is 9.10. The zero-order valence-electron chi connectivity index (χ0n) is 11.6. The van der Waals surface area contributed by atoms with Gasteiger partial charge in [0.25, 0.3) is 0 Å². The summed E-state index contributed by atoms with van der Waals surface area (Å²) in [7, 11) is 0. The van der Waals surface area contributed by atoms with Gasteiger partial charge >= 0.3 is 0 Å². The molecule has 0 saturated carbocycles. The van der Waals surface area contributed by atoms with Gasteiger partial charge in [0.15, 0.2) is 5.82 Å². The van der Waals surface area contributed by atoms with E-state index in [-0.39, 0.29) is 0 Å². The highest BCUT2D eigenvalue weighted by Crippen LogP contribution is 2.24. The highest BCUT2D eigenvalue weighted by Gasteiger charge is 2.17. The Morgan fingerprint density at radius 3 is 3.00 bits per heavy atom. The normalized spacial score (nSPS) is 14.1. The van der Waals surface area contributed by atoms with Crippen LogP contribution in [0.15, 0.2) is 28.7 Å². The molecule has 1 aromatic carbocycles. The van der Waals surface area contributed by atoms with Gasteiger partial charge in [-0.05, 0) is 37.1 Å². The molecule has 1 aliphatic heterocycles. The Hall–Kier alpha value is -1.26. The topological polar surface area (TPSA) is 37.8 Å². The number of nitrogens with one attached hydrogen (secondary N) is 1. The summed E-state index contributed by atoms with van der Waals surface area (Å²) in [6.45, 7) is 4.09. The molecule has 1 aromatic heterocycles. The molecule has 0 aliphatic carbocycles. The first-order valence-electron chi connectivity index (χ1n) is 7.13. The molecule has 104 valence electrons. The van der Waals surface area contributed by atoms with Gasteiger partial charge in [-0.3, -0.25) is 0 Å². The second kappa shape index (κ2) is 6.02. The molecule has 4 heteroatoms. The Labute approximate surface area is 128 Å². The summed E-state index contributed by atoms with van der Waals surface area (Å²) in [5, 5.41) is 3.40. The van der Waals surface area contributed by atoms with Crippen molar-refractivity contribution >= 4 is 15.9 Å². The molecule has 0 unspecified atom stereocenters. The minimum Gasteiger partial charge on any atom is -0.311 e. The van der Waals surface area contributed by atoms with Crippen molar-refractivity contribution in [2.24, 2.45) is 0 Å². The average Bonchev–Trinajstić information content (AvgIpc) is 2.47. The maximum Gasteiger partial charge on any atom is 0.159 e. The van der Waals surface area contributed by atoms with E-state index in [1.165, 1.54) is 17.0 Å². The number of hydrogen-bond donors (Lipinski definition) is 1. The van der Waals surface area contributed by atoms with Crippen LogP contribution in [-0.2, 0) is 19.4 Å². The molecule has 0 bridgehead atoms. The van der Waals surface area contributed by atoms with Gasteiger partial charge in [0, 0.05) is 22.3 Å². The Balaban J connectivity index is 2.10. The van der Waals surface area contributed by atoms with Crippen LogP contribution in [0.3, 0.4) is 0 Å². The van der Waals surface area contributed by atoms with Crippen molar-refractivity contribution in [2.75, 3.05) is 6.54 Å². The van der Waals surface area contributed by atoms with E-state index >= 15 is 0 Å². The lowest BCUT2D eigenvalue weighted by molar-refractivity contribution is 0.614. The van der Waals surface area contributed by atoms with Crippen LogP contribution < -0.4 is 5.32 Å². The van der Waals surface area contributed by atoms with Crippen LogP contribution in [-0.4, -0.2) is 16.5 Å². The van der Waals surface area contributed by atoms with Gasteiger partial charge in [0.05, 0.1) is 5.69 Å². The van der Waals surface area contributed by atoms with Crippen LogP contribution in [0.25, 0.3) is 11.4 Å². The van der Waals surface area contributed by atoms with Crippen LogP contribution in [0.1, 0.15) is 30.3 Å². The summed E-state index contributed by atoms with van der Waals surface area (Å²) in [5.74, 6) is 0.845. The first kappa shape index (κ1) is 13.7. The predicted molar refractivity (Wildman–Crippen MR) is 84.6 cm³/mol. The molecule has 1 aliphatic rings. The van der Waals surface area contributed by atoms with Gasteiger partial charge in [-0.25, -0.2) is 9.97 Å². The van der Waals surface area contributed by atoms with Gasteiger partial charge in [-0.15, -0.1) is 0 Å². The maximum atomic E-state index is 4.83. The van der Waals surface area contributed by atoms with Crippen LogP contribution in [0.2, 0.25) is 0 Å². The van der Waals surface area contributed by atoms with E-state index in [2.05, 4.69) is 40.3 Å². The lowest BCUT2D eigenvalue weighted by Crippen LogP contribution is -2.26. The average molecular weight is 332 g/mol. The first-order chi connectivity index (χ1) is 9.78. The standard InChI is InChI=1S/C16H18BrN3/c1-2-4-14-13-7-8-18-10-15(13)20-16(19-14)11-5-3-6-12(17)9-11/h3,5-6,9,18H,2,4,7-8,10H2,1H3. The molecule has 1 N–H and O–H groups in total. The molecule has 0 radical (unpaired) electrons. The molecule has 0 amide bonds. The SMILES string of the molecule is CCCc1nc(-c2cccc(Br)c2)nc2c1CCNC2. The number of aromatic nitrogens is 2. The highest BCUT2D eigenvalue weighted by atomic mass is 79.9. The summed E-state index contributed by atoms with van der Waals surface area (Å²) in [5.41, 5.74) is 4.84. The molecular formula is C16H18BrN3. The molecule has 0 atom stereocenters. The number of halogens is 1. The molecule has 0 fully saturated rings. The second-order valence-corrected chi connectivity index (χ2v) is 6.02. The van der Waals surface area contributed by atoms with E-state index < -0.39 is 0 Å². The molecule has 2 aromatic rings. The predicted octanol–water partition coefficient (Wildman–Crippen LogP) is 3.50. The van der Waals surface area contributed by atoms with Crippen molar-refractivity contribution in [2.45, 2.75) is 32.7 Å². The van der Waals surface area contributed by atoms with Gasteiger partial charge in [-0.2, -0.15) is 0 Å². The minimum absolute atomic E-state index is 0.845. The third kappa shape index (κ3) is 2.76. The van der Waals surface area contributed by atoms with E-state index in [4.69, 9.17) is 9.97 Å². The summed E-state index contributed by atoms with van der Waals surface area (Å²) in [6.07, 6.45) is 3.20. The maximum absolute atomic E-state index is 4.83. The van der Waals surface area contributed by atoms with E-state index in [9.17, 15) is 0 Å². The molecule has 3 nitrogen and oxygen atoms in total. The van der Waals surface area contributed by atoms with Crippen molar-refractivity contribution < 1.29 is 0 Å². The van der Waals surface area contributed by atoms with Crippen molar-refractivity contribution in [1.29, 1.82) is 0 Å². The molecular weight excluding hydrogens is 314 g/mol. The zero-order chi connectivity index (χ0) is 13.9. The fourth-order valence-corrected chi connectivity index (χ4v) is 3.04. The summed E-state index contributed by atoms with van der Waals surface area (Å²) in [4.78, 5) is 9.60. The van der Waals surface area contributed by atoms with Crippen molar-refractivity contribution in [3.63, 3.8) is 0 Å². The molecule has 3 rings (SSSR count). The van der Waals surface area contributed by atoms with Gasteiger partial charge in [-0.1, -0.05) is 41.4 Å². The Bertz CT molecular complexity index is 625. The van der Waals surface area contributed by atoms with Crippen LogP contribution >= 0.6 is 15.9 Å². The van der Waals surface area contributed by atoms with Crippen molar-refractivity contribution in [3.8, 4) is 11.4 Å². The first-order valence-corrected chi connectivity index (χ1v) is 7.92. The van der Waals surface area contributed by atoms with E-state index in [0.717, 1.165) is 48.2 Å². The fourth-order valence-electron chi connectivity index (χ4n) is 2.64. The third-order valence-corrected chi connectivity index (χ3v) is 4.09. The fraction of sp³-hybridized carbons (Fsp3) is 0.375. The van der Waals surface area contributed by atoms with Crippen molar-refractivity contribution in [1.82, 2.24) is 15.3 Å². The van der Waals surface area contributed by atoms with Crippen LogP contribution in [0.5, 0.6) is 0 Å². The van der Waals surface area contributed by atoms with Gasteiger partial charge in [0.1, 0.15) is 0 Å². The molecule has 0 spiro atoms. The van der Waals surface area contributed by atoms with E-state index in [1.54, 1.807) is 0 Å². The van der Waals surface area contributed by atoms with Crippen LogP contribution in [0.4, 0.5) is 0 Å². The number of aryl methyl sites for hydroxylation is 1. The number of benzene rings is 1. The van der Waals surface area contributed by atoms with Gasteiger partial charge < -0.3 is 5.32 Å². The summed E-state index contributed by atoms with van der Waals surface area (Å²) >= 11 is 3.52. The Morgan fingerprint density at radius 1 is 1.30 bits per heavy atom. The third-order valence-electron chi connectivity index (χ3n) is 3.59. The lowest BCUT2D eigenvalue weighted by atomic mass is 10.0. The smallest absolute Gasteiger partial charge is 0.159 e. The molecule has 20 heavy (non-hydrogen) atoms. The molecule has 2 heterocycles. The minimum atomic E-state index is 0.845. The van der Waals surface area contributed by atoms with Crippen molar-refractivity contribution in [3.05, 3.63) is 45.7 Å². The Morgan fingerprint density at radius 2 is 2.20 bits per heavy atom. The summed E-state index contributed by atoms with van der Waals surface area (Å²) in [6, 6.07) is 8.20. The monoisotopic (exact) mass is 331 g/mol. The quantitative estimate of drug-likeness (QED) is 0.935. The number of rotatable bonds is 3. The number of nitrogens with zero attached hydrogens (tertiary/aromatic N) is 2. The lowest BCUT2D eigenvalue weighted by Gasteiger charge is -2.20. The summed E-state index contributed by atoms with van der Waals surface area (Å²) < 4.78 is 1.06. The zero-order valence-corrected chi connectivity index (χ0v) is 13.2. The largest absolute Gasteiger partial charge is 0.311 e. The number of fused-ring (bicyclic) bond motifs is 1.